The highest BCUT2D eigenvalue weighted by Crippen LogP contribution is 2.38. The Labute approximate surface area is 118 Å². The van der Waals surface area contributed by atoms with Crippen LogP contribution in [-0.4, -0.2) is 15.2 Å². The van der Waals surface area contributed by atoms with E-state index in [9.17, 15) is 9.00 Å². The lowest BCUT2D eigenvalue weighted by Crippen LogP contribution is -2.37. The molecule has 0 aromatic heterocycles. The molecule has 2 rings (SSSR count). The zero-order valence-corrected chi connectivity index (χ0v) is 12.7. The topological polar surface area (TPSA) is 34.1 Å². The van der Waals surface area contributed by atoms with Crippen molar-refractivity contribution >= 4 is 16.6 Å². The molecule has 0 aliphatic heterocycles. The summed E-state index contributed by atoms with van der Waals surface area (Å²) in [6, 6.07) is 9.36. The van der Waals surface area contributed by atoms with Crippen molar-refractivity contribution in [3.05, 3.63) is 30.3 Å². The lowest BCUT2D eigenvalue weighted by atomic mass is 9.72. The Morgan fingerprint density at radius 3 is 2.37 bits per heavy atom. The van der Waals surface area contributed by atoms with Crippen LogP contribution in [0.5, 0.6) is 0 Å². The summed E-state index contributed by atoms with van der Waals surface area (Å²) in [6.07, 6.45) is 2.26. The van der Waals surface area contributed by atoms with E-state index in [0.29, 0.717) is 12.3 Å². The van der Waals surface area contributed by atoms with Gasteiger partial charge in [0.2, 0.25) is 0 Å². The van der Waals surface area contributed by atoms with Crippen LogP contribution in [0.15, 0.2) is 35.2 Å². The Balaban J connectivity index is 2.18. The third kappa shape index (κ3) is 3.33. The average Bonchev–Trinajstić information content (AvgIpc) is 2.38. The molecular weight excluding hydrogens is 256 g/mol. The molecule has 0 radical (unpaired) electrons. The third-order valence-corrected chi connectivity index (χ3v) is 5.76. The predicted molar refractivity (Wildman–Crippen MR) is 78.4 cm³/mol. The number of rotatable bonds is 2. The Morgan fingerprint density at radius 1 is 1.16 bits per heavy atom. The summed E-state index contributed by atoms with van der Waals surface area (Å²) >= 11 is 0. The van der Waals surface area contributed by atoms with E-state index in [1.807, 2.05) is 30.3 Å². The van der Waals surface area contributed by atoms with Crippen LogP contribution < -0.4 is 0 Å². The van der Waals surface area contributed by atoms with E-state index >= 15 is 0 Å². The smallest absolute Gasteiger partial charge is 0.148 e. The molecule has 0 N–H and O–H groups in total. The first-order valence-electron chi connectivity index (χ1n) is 6.88. The second-order valence-electron chi connectivity index (χ2n) is 6.40. The molecule has 1 aromatic carbocycles. The molecular formula is C16H22O2S. The lowest BCUT2D eigenvalue weighted by molar-refractivity contribution is -0.121. The molecule has 0 bridgehead atoms. The molecule has 1 aliphatic carbocycles. The van der Waals surface area contributed by atoms with E-state index in [-0.39, 0.29) is 16.4 Å². The van der Waals surface area contributed by atoms with Crippen LogP contribution in [0.1, 0.15) is 40.0 Å². The number of ketones is 1. The summed E-state index contributed by atoms with van der Waals surface area (Å²) in [6.45, 7) is 6.61. The molecule has 1 saturated carbocycles. The van der Waals surface area contributed by atoms with Crippen LogP contribution in [0.25, 0.3) is 0 Å². The fourth-order valence-electron chi connectivity index (χ4n) is 2.70. The van der Waals surface area contributed by atoms with E-state index in [1.165, 1.54) is 0 Å². The summed E-state index contributed by atoms with van der Waals surface area (Å²) < 4.78 is 12.6. The second kappa shape index (κ2) is 5.58. The second-order valence-corrected chi connectivity index (χ2v) is 8.04. The van der Waals surface area contributed by atoms with Crippen molar-refractivity contribution in [1.29, 1.82) is 0 Å². The van der Waals surface area contributed by atoms with Gasteiger partial charge in [-0.15, -0.1) is 0 Å². The maximum atomic E-state index is 12.6. The summed E-state index contributed by atoms with van der Waals surface area (Å²) in [5, 5.41) is -0.319. The predicted octanol–water partition coefficient (Wildman–Crippen LogP) is 3.58. The molecule has 19 heavy (non-hydrogen) atoms. The minimum absolute atomic E-state index is 0.169. The van der Waals surface area contributed by atoms with Crippen LogP contribution in [0.3, 0.4) is 0 Å². The van der Waals surface area contributed by atoms with Gasteiger partial charge in [-0.2, -0.15) is 0 Å². The molecule has 3 heteroatoms. The molecule has 3 atom stereocenters. The normalized spacial score (nSPS) is 26.2. The summed E-state index contributed by atoms with van der Waals surface area (Å²) in [5.41, 5.74) is 0.180. The van der Waals surface area contributed by atoms with E-state index < -0.39 is 10.8 Å². The number of hydrogen-bond acceptors (Lipinski definition) is 2. The lowest BCUT2D eigenvalue weighted by Gasteiger charge is -2.36. The van der Waals surface area contributed by atoms with Crippen LogP contribution in [0.4, 0.5) is 0 Å². The van der Waals surface area contributed by atoms with Crippen molar-refractivity contribution in [2.75, 3.05) is 0 Å². The van der Waals surface area contributed by atoms with E-state index in [1.54, 1.807) is 0 Å². The maximum Gasteiger partial charge on any atom is 0.148 e. The van der Waals surface area contributed by atoms with Crippen molar-refractivity contribution in [3.8, 4) is 0 Å². The highest BCUT2D eigenvalue weighted by Gasteiger charge is 2.38. The molecule has 2 nitrogen and oxygen atoms in total. The van der Waals surface area contributed by atoms with Crippen molar-refractivity contribution in [2.45, 2.75) is 50.2 Å². The number of carbonyl (C=O) groups is 1. The minimum atomic E-state index is -1.20. The van der Waals surface area contributed by atoms with Crippen LogP contribution in [-0.2, 0) is 15.6 Å². The molecule has 0 saturated heterocycles. The molecule has 0 amide bonds. The fraction of sp³-hybridized carbons (Fsp3) is 0.562. The molecule has 1 aromatic rings. The highest BCUT2D eigenvalue weighted by atomic mass is 32.2. The van der Waals surface area contributed by atoms with Gasteiger partial charge in [0.1, 0.15) is 5.78 Å². The first kappa shape index (κ1) is 14.4. The molecule has 2 unspecified atom stereocenters. The number of carbonyl (C=O) groups excluding carboxylic acids is 1. The summed E-state index contributed by atoms with van der Waals surface area (Å²) in [4.78, 5) is 12.9. The van der Waals surface area contributed by atoms with E-state index in [2.05, 4.69) is 20.8 Å². The molecule has 104 valence electrons. The van der Waals surface area contributed by atoms with Gasteiger partial charge in [0, 0.05) is 11.3 Å². The van der Waals surface area contributed by atoms with E-state index in [0.717, 1.165) is 17.7 Å². The van der Waals surface area contributed by atoms with Gasteiger partial charge >= 0.3 is 0 Å². The first-order valence-corrected chi connectivity index (χ1v) is 8.09. The van der Waals surface area contributed by atoms with Crippen molar-refractivity contribution in [2.24, 2.45) is 11.3 Å². The zero-order valence-electron chi connectivity index (χ0n) is 11.9. The van der Waals surface area contributed by atoms with E-state index in [4.69, 9.17) is 0 Å². The van der Waals surface area contributed by atoms with Gasteiger partial charge in [0.05, 0.1) is 16.0 Å². The van der Waals surface area contributed by atoms with Crippen molar-refractivity contribution in [1.82, 2.24) is 0 Å². The van der Waals surface area contributed by atoms with Gasteiger partial charge in [0.25, 0.3) is 0 Å². The summed E-state index contributed by atoms with van der Waals surface area (Å²) in [7, 11) is -1.20. The maximum absolute atomic E-state index is 12.6. The monoisotopic (exact) mass is 278 g/mol. The molecule has 0 spiro atoms. The quantitative estimate of drug-likeness (QED) is 0.828. The highest BCUT2D eigenvalue weighted by molar-refractivity contribution is 7.86. The van der Waals surface area contributed by atoms with Crippen molar-refractivity contribution < 1.29 is 9.00 Å². The van der Waals surface area contributed by atoms with Gasteiger partial charge < -0.3 is 0 Å². The van der Waals surface area contributed by atoms with Gasteiger partial charge in [0.15, 0.2) is 0 Å². The SMILES string of the molecule is CC(C)(C)C1CCC(=O)[C@@H](S(=O)c2ccccc2)C1. The molecule has 1 fully saturated rings. The van der Waals surface area contributed by atoms with Crippen molar-refractivity contribution in [3.63, 3.8) is 0 Å². The number of hydrogen-bond donors (Lipinski definition) is 0. The Bertz CT molecular complexity index is 473. The van der Waals surface area contributed by atoms with Gasteiger partial charge in [-0.3, -0.25) is 9.00 Å². The van der Waals surface area contributed by atoms with Gasteiger partial charge in [-0.05, 0) is 36.3 Å². The molecule has 0 heterocycles. The van der Waals surface area contributed by atoms with Gasteiger partial charge in [-0.1, -0.05) is 39.0 Å². The summed E-state index contributed by atoms with van der Waals surface area (Å²) in [5.74, 6) is 0.644. The molecule has 1 aliphatic rings. The van der Waals surface area contributed by atoms with Gasteiger partial charge in [-0.25, -0.2) is 0 Å². The zero-order chi connectivity index (χ0) is 14.0. The number of Topliss-reactive ketones (excluding diaryl/α,β-unsaturated/α-hetero) is 1. The third-order valence-electron chi connectivity index (χ3n) is 4.06. The Hall–Kier alpha value is -0.960. The minimum Gasteiger partial charge on any atom is -0.298 e. The first-order chi connectivity index (χ1) is 8.89. The Morgan fingerprint density at radius 2 is 1.79 bits per heavy atom. The van der Waals surface area contributed by atoms with Crippen LogP contribution >= 0.6 is 0 Å². The fourth-order valence-corrected chi connectivity index (χ4v) is 4.22. The number of benzene rings is 1. The van der Waals surface area contributed by atoms with Crippen LogP contribution in [0, 0.1) is 11.3 Å². The standard InChI is InChI=1S/C16H22O2S/c1-16(2,3)12-9-10-14(17)15(11-12)19(18)13-7-5-4-6-8-13/h4-8,12,15H,9-11H2,1-3H3/t12?,15-,19?/m0/s1. The largest absolute Gasteiger partial charge is 0.298 e. The van der Waals surface area contributed by atoms with Crippen LogP contribution in [0.2, 0.25) is 0 Å². The average molecular weight is 278 g/mol. The Kier molecular flexibility index (Phi) is 4.24.